The Hall–Kier alpha value is -2.16. The van der Waals surface area contributed by atoms with Crippen LogP contribution in [0.15, 0.2) is 42.5 Å². The summed E-state index contributed by atoms with van der Waals surface area (Å²) in [7, 11) is 3.29. The minimum atomic E-state index is 0.697. The molecule has 0 amide bonds. The highest BCUT2D eigenvalue weighted by Crippen LogP contribution is 2.27. The molecule has 0 fully saturated rings. The van der Waals surface area contributed by atoms with E-state index in [1.807, 2.05) is 36.4 Å². The molecule has 0 unspecified atom stereocenters. The van der Waals surface area contributed by atoms with Crippen molar-refractivity contribution in [2.75, 3.05) is 20.0 Å². The molecule has 0 radical (unpaired) electrons. The maximum absolute atomic E-state index is 6.06. The summed E-state index contributed by atoms with van der Waals surface area (Å²) in [5.74, 6) is 1.57. The Labute approximate surface area is 107 Å². The fraction of sp³-hybridized carbons (Fsp3) is 0.200. The lowest BCUT2D eigenvalue weighted by Gasteiger charge is -2.10. The largest absolute Gasteiger partial charge is 0.497 e. The SMILES string of the molecule is COc1cccc(Cc2cccc(OC)c2N)c1. The van der Waals surface area contributed by atoms with Crippen LogP contribution >= 0.6 is 0 Å². The predicted molar refractivity (Wildman–Crippen MR) is 73.2 cm³/mol. The molecule has 2 rings (SSSR count). The summed E-state index contributed by atoms with van der Waals surface area (Å²) < 4.78 is 10.4. The van der Waals surface area contributed by atoms with Crippen LogP contribution in [0.1, 0.15) is 11.1 Å². The van der Waals surface area contributed by atoms with Gasteiger partial charge in [-0.05, 0) is 35.7 Å². The summed E-state index contributed by atoms with van der Waals surface area (Å²) in [6.45, 7) is 0. The zero-order valence-electron chi connectivity index (χ0n) is 10.6. The molecule has 94 valence electrons. The molecule has 0 atom stereocenters. The molecule has 0 aromatic heterocycles. The Balaban J connectivity index is 2.28. The van der Waals surface area contributed by atoms with Crippen LogP contribution in [0, 0.1) is 0 Å². The van der Waals surface area contributed by atoms with Gasteiger partial charge >= 0.3 is 0 Å². The zero-order valence-corrected chi connectivity index (χ0v) is 10.6. The summed E-state index contributed by atoms with van der Waals surface area (Å²) in [5.41, 5.74) is 8.97. The van der Waals surface area contributed by atoms with Gasteiger partial charge < -0.3 is 15.2 Å². The number of nitrogen functional groups attached to an aromatic ring is 1. The molecule has 0 saturated carbocycles. The average Bonchev–Trinajstić information content (AvgIpc) is 2.41. The van der Waals surface area contributed by atoms with Crippen molar-refractivity contribution < 1.29 is 9.47 Å². The molecule has 18 heavy (non-hydrogen) atoms. The van der Waals surface area contributed by atoms with Gasteiger partial charge in [-0.3, -0.25) is 0 Å². The highest BCUT2D eigenvalue weighted by atomic mass is 16.5. The molecule has 0 saturated heterocycles. The fourth-order valence-electron chi connectivity index (χ4n) is 1.92. The minimum absolute atomic E-state index is 0.697. The van der Waals surface area contributed by atoms with Crippen molar-refractivity contribution >= 4 is 5.69 Å². The Bertz CT molecular complexity index is 538. The fourth-order valence-corrected chi connectivity index (χ4v) is 1.92. The lowest BCUT2D eigenvalue weighted by atomic mass is 10.0. The van der Waals surface area contributed by atoms with Crippen LogP contribution in [0.5, 0.6) is 11.5 Å². The van der Waals surface area contributed by atoms with E-state index in [2.05, 4.69) is 6.07 Å². The van der Waals surface area contributed by atoms with Crippen LogP contribution in [0.3, 0.4) is 0 Å². The number of para-hydroxylation sites is 1. The molecule has 0 aliphatic heterocycles. The standard InChI is InChI=1S/C15H17NO2/c1-17-13-7-3-5-11(10-13)9-12-6-4-8-14(18-2)15(12)16/h3-8,10H,9,16H2,1-2H3. The maximum Gasteiger partial charge on any atom is 0.142 e. The molecule has 2 aromatic carbocycles. The summed E-state index contributed by atoms with van der Waals surface area (Å²) in [4.78, 5) is 0. The van der Waals surface area contributed by atoms with E-state index in [1.165, 1.54) is 0 Å². The summed E-state index contributed by atoms with van der Waals surface area (Å²) in [6.07, 6.45) is 0.764. The maximum atomic E-state index is 6.06. The monoisotopic (exact) mass is 243 g/mol. The zero-order chi connectivity index (χ0) is 13.0. The van der Waals surface area contributed by atoms with E-state index in [4.69, 9.17) is 15.2 Å². The first kappa shape index (κ1) is 12.3. The van der Waals surface area contributed by atoms with Crippen LogP contribution < -0.4 is 15.2 Å². The van der Waals surface area contributed by atoms with Gasteiger partial charge in [-0.2, -0.15) is 0 Å². The van der Waals surface area contributed by atoms with E-state index in [-0.39, 0.29) is 0 Å². The van der Waals surface area contributed by atoms with Crippen molar-refractivity contribution in [3.8, 4) is 11.5 Å². The van der Waals surface area contributed by atoms with Gasteiger partial charge in [0.1, 0.15) is 11.5 Å². The highest BCUT2D eigenvalue weighted by Gasteiger charge is 2.06. The summed E-state index contributed by atoms with van der Waals surface area (Å²) >= 11 is 0. The molecule has 3 nitrogen and oxygen atoms in total. The lowest BCUT2D eigenvalue weighted by molar-refractivity contribution is 0.414. The van der Waals surface area contributed by atoms with Crippen LogP contribution in [0.2, 0.25) is 0 Å². The predicted octanol–water partition coefficient (Wildman–Crippen LogP) is 2.88. The Morgan fingerprint density at radius 2 is 1.78 bits per heavy atom. The molecule has 0 bridgehead atoms. The average molecular weight is 243 g/mol. The normalized spacial score (nSPS) is 10.1. The van der Waals surface area contributed by atoms with Gasteiger partial charge in [0.2, 0.25) is 0 Å². The van der Waals surface area contributed by atoms with Gasteiger partial charge in [-0.15, -0.1) is 0 Å². The quantitative estimate of drug-likeness (QED) is 0.840. The van der Waals surface area contributed by atoms with Gasteiger partial charge in [0, 0.05) is 0 Å². The molecule has 2 N–H and O–H groups in total. The number of methoxy groups -OCH3 is 2. The third kappa shape index (κ3) is 2.56. The summed E-state index contributed by atoms with van der Waals surface area (Å²) in [6, 6.07) is 13.8. The van der Waals surface area contributed by atoms with Crippen molar-refractivity contribution in [1.29, 1.82) is 0 Å². The second kappa shape index (κ2) is 5.45. The second-order valence-corrected chi connectivity index (χ2v) is 4.06. The molecule has 0 spiro atoms. The van der Waals surface area contributed by atoms with Crippen LogP contribution in [-0.2, 0) is 6.42 Å². The summed E-state index contributed by atoms with van der Waals surface area (Å²) in [5, 5.41) is 0. The van der Waals surface area contributed by atoms with Gasteiger partial charge in [0.15, 0.2) is 0 Å². The molecule has 3 heteroatoms. The molecule has 0 heterocycles. The van der Waals surface area contributed by atoms with Gasteiger partial charge in [0.05, 0.1) is 19.9 Å². The van der Waals surface area contributed by atoms with Crippen molar-refractivity contribution in [3.63, 3.8) is 0 Å². The van der Waals surface area contributed by atoms with E-state index in [1.54, 1.807) is 14.2 Å². The van der Waals surface area contributed by atoms with E-state index in [0.29, 0.717) is 5.69 Å². The Morgan fingerprint density at radius 1 is 1.00 bits per heavy atom. The smallest absolute Gasteiger partial charge is 0.142 e. The molecular formula is C15H17NO2. The number of nitrogens with two attached hydrogens (primary N) is 1. The molecule has 2 aromatic rings. The number of ether oxygens (including phenoxy) is 2. The van der Waals surface area contributed by atoms with E-state index in [0.717, 1.165) is 29.0 Å². The Morgan fingerprint density at radius 3 is 2.50 bits per heavy atom. The van der Waals surface area contributed by atoms with Gasteiger partial charge in [0.25, 0.3) is 0 Å². The molecule has 0 aliphatic carbocycles. The minimum Gasteiger partial charge on any atom is -0.497 e. The van der Waals surface area contributed by atoms with Gasteiger partial charge in [-0.25, -0.2) is 0 Å². The first-order valence-corrected chi connectivity index (χ1v) is 5.79. The van der Waals surface area contributed by atoms with Crippen molar-refractivity contribution in [1.82, 2.24) is 0 Å². The van der Waals surface area contributed by atoms with E-state index >= 15 is 0 Å². The van der Waals surface area contributed by atoms with Crippen LogP contribution in [0.4, 0.5) is 5.69 Å². The second-order valence-electron chi connectivity index (χ2n) is 4.06. The van der Waals surface area contributed by atoms with E-state index < -0.39 is 0 Å². The van der Waals surface area contributed by atoms with Gasteiger partial charge in [-0.1, -0.05) is 24.3 Å². The number of rotatable bonds is 4. The first-order chi connectivity index (χ1) is 8.74. The highest BCUT2D eigenvalue weighted by molar-refractivity contribution is 5.59. The van der Waals surface area contributed by atoms with E-state index in [9.17, 15) is 0 Å². The topological polar surface area (TPSA) is 44.5 Å². The first-order valence-electron chi connectivity index (χ1n) is 5.79. The lowest BCUT2D eigenvalue weighted by Crippen LogP contribution is -1.99. The number of hydrogen-bond acceptors (Lipinski definition) is 3. The third-order valence-electron chi connectivity index (χ3n) is 2.91. The van der Waals surface area contributed by atoms with Crippen molar-refractivity contribution in [3.05, 3.63) is 53.6 Å². The third-order valence-corrected chi connectivity index (χ3v) is 2.91. The molecule has 0 aliphatic rings. The van der Waals surface area contributed by atoms with Crippen LogP contribution in [0.25, 0.3) is 0 Å². The molecular weight excluding hydrogens is 226 g/mol. The van der Waals surface area contributed by atoms with Crippen molar-refractivity contribution in [2.45, 2.75) is 6.42 Å². The Kier molecular flexibility index (Phi) is 3.72. The number of hydrogen-bond donors (Lipinski definition) is 1. The van der Waals surface area contributed by atoms with Crippen LogP contribution in [-0.4, -0.2) is 14.2 Å². The number of anilines is 1. The van der Waals surface area contributed by atoms with Crippen molar-refractivity contribution in [2.24, 2.45) is 0 Å². The number of benzene rings is 2.